The molecular formula is C11H14F6N2O2. The summed E-state index contributed by atoms with van der Waals surface area (Å²) in [5.74, 6) is -3.00. The van der Waals surface area contributed by atoms with E-state index < -0.39 is 56.1 Å². The van der Waals surface area contributed by atoms with E-state index in [1.165, 1.54) is 6.92 Å². The van der Waals surface area contributed by atoms with Gasteiger partial charge in [0.25, 0.3) is 0 Å². The number of carbonyl (C=O) groups is 2. The van der Waals surface area contributed by atoms with Crippen LogP contribution in [0.25, 0.3) is 0 Å². The summed E-state index contributed by atoms with van der Waals surface area (Å²) in [4.78, 5) is 24.2. The lowest BCUT2D eigenvalue weighted by molar-refractivity contribution is -0.163. The summed E-state index contributed by atoms with van der Waals surface area (Å²) in [5, 5.41) is 0. The van der Waals surface area contributed by atoms with Crippen molar-refractivity contribution >= 4 is 11.8 Å². The van der Waals surface area contributed by atoms with Gasteiger partial charge in [-0.2, -0.15) is 26.3 Å². The normalized spacial score (nSPS) is 20.0. The first kappa shape index (κ1) is 17.6. The smallest absolute Gasteiger partial charge is 0.334 e. The molecule has 0 radical (unpaired) electrons. The van der Waals surface area contributed by atoms with Gasteiger partial charge in [-0.1, -0.05) is 0 Å². The third-order valence-electron chi connectivity index (χ3n) is 3.00. The Morgan fingerprint density at radius 1 is 1.24 bits per heavy atom. The van der Waals surface area contributed by atoms with Crippen molar-refractivity contribution in [1.29, 1.82) is 0 Å². The second-order valence-electron chi connectivity index (χ2n) is 4.76. The molecule has 21 heavy (non-hydrogen) atoms. The zero-order valence-corrected chi connectivity index (χ0v) is 11.1. The number of amides is 2. The van der Waals surface area contributed by atoms with E-state index in [1.54, 1.807) is 0 Å². The van der Waals surface area contributed by atoms with Crippen LogP contribution in [0.3, 0.4) is 0 Å². The molecule has 0 aromatic heterocycles. The van der Waals surface area contributed by atoms with Gasteiger partial charge in [0.1, 0.15) is 13.1 Å². The zero-order valence-electron chi connectivity index (χ0n) is 11.1. The molecule has 2 amide bonds. The molecule has 0 aliphatic carbocycles. The van der Waals surface area contributed by atoms with E-state index in [-0.39, 0.29) is 6.54 Å². The van der Waals surface area contributed by atoms with Crippen LogP contribution in [-0.2, 0) is 9.59 Å². The number of hydrogen-bond acceptors (Lipinski definition) is 2. The highest BCUT2D eigenvalue weighted by Crippen LogP contribution is 2.26. The van der Waals surface area contributed by atoms with E-state index in [9.17, 15) is 35.9 Å². The Bertz CT molecular complexity index is 406. The lowest BCUT2D eigenvalue weighted by Gasteiger charge is -2.25. The molecule has 0 spiro atoms. The summed E-state index contributed by atoms with van der Waals surface area (Å²) in [7, 11) is 0. The lowest BCUT2D eigenvalue weighted by Crippen LogP contribution is -2.43. The van der Waals surface area contributed by atoms with E-state index in [0.717, 1.165) is 0 Å². The van der Waals surface area contributed by atoms with Gasteiger partial charge < -0.3 is 9.80 Å². The third kappa shape index (κ3) is 5.43. The molecule has 0 aromatic rings. The minimum absolute atomic E-state index is 0.234. The van der Waals surface area contributed by atoms with E-state index in [2.05, 4.69) is 0 Å². The largest absolute Gasteiger partial charge is 0.406 e. The molecule has 0 aromatic carbocycles. The fraction of sp³-hybridized carbons (Fsp3) is 0.818. The number of carbonyl (C=O) groups excluding carboxylic acids is 2. The molecule has 0 N–H and O–H groups in total. The molecule has 4 nitrogen and oxygen atoms in total. The maximum absolute atomic E-state index is 12.3. The van der Waals surface area contributed by atoms with Crippen LogP contribution < -0.4 is 0 Å². The topological polar surface area (TPSA) is 40.6 Å². The van der Waals surface area contributed by atoms with Crippen LogP contribution in [-0.4, -0.2) is 60.1 Å². The summed E-state index contributed by atoms with van der Waals surface area (Å²) in [6, 6.07) is 0. The molecule has 0 saturated carbocycles. The van der Waals surface area contributed by atoms with Crippen LogP contribution in [0.15, 0.2) is 0 Å². The van der Waals surface area contributed by atoms with Crippen LogP contribution in [0.4, 0.5) is 26.3 Å². The predicted octanol–water partition coefficient (Wildman–Crippen LogP) is 1.81. The average Bonchev–Trinajstić information content (AvgIpc) is 2.63. The van der Waals surface area contributed by atoms with Crippen LogP contribution in [0.2, 0.25) is 0 Å². The number of nitrogens with zero attached hydrogens (tertiary/aromatic N) is 2. The van der Waals surface area contributed by atoms with Crippen molar-refractivity contribution in [3.8, 4) is 0 Å². The molecule has 1 saturated heterocycles. The molecule has 0 unspecified atom stereocenters. The lowest BCUT2D eigenvalue weighted by atomic mass is 10.1. The van der Waals surface area contributed by atoms with Crippen molar-refractivity contribution < 1.29 is 35.9 Å². The van der Waals surface area contributed by atoms with Gasteiger partial charge in [0, 0.05) is 19.5 Å². The second-order valence-corrected chi connectivity index (χ2v) is 4.76. The summed E-state index contributed by atoms with van der Waals surface area (Å²) in [5.41, 5.74) is 0. The first-order valence-corrected chi connectivity index (χ1v) is 6.13. The molecule has 0 bridgehead atoms. The number of hydrogen-bond donors (Lipinski definition) is 0. The fourth-order valence-corrected chi connectivity index (χ4v) is 2.13. The maximum Gasteiger partial charge on any atom is 0.406 e. The quantitative estimate of drug-likeness (QED) is 0.741. The number of alkyl halides is 6. The predicted molar refractivity (Wildman–Crippen MR) is 59.1 cm³/mol. The van der Waals surface area contributed by atoms with E-state index in [0.29, 0.717) is 9.80 Å². The summed E-state index contributed by atoms with van der Waals surface area (Å²) in [6.07, 6.45) is -9.70. The molecule has 1 rings (SSSR count). The highest BCUT2D eigenvalue weighted by atomic mass is 19.4. The van der Waals surface area contributed by atoms with Gasteiger partial charge in [0.05, 0.1) is 5.92 Å². The highest BCUT2D eigenvalue weighted by Gasteiger charge is 2.43. The SMILES string of the molecule is CCN(CC(F)(F)F)C(=O)[C@H]1CC(=O)N(CC(F)(F)F)C1. The van der Waals surface area contributed by atoms with Crippen molar-refractivity contribution in [2.45, 2.75) is 25.7 Å². The summed E-state index contributed by atoms with van der Waals surface area (Å²) in [6.45, 7) is -2.39. The fourth-order valence-electron chi connectivity index (χ4n) is 2.13. The van der Waals surface area contributed by atoms with E-state index >= 15 is 0 Å². The first-order chi connectivity index (χ1) is 9.43. The van der Waals surface area contributed by atoms with Gasteiger partial charge >= 0.3 is 12.4 Å². The monoisotopic (exact) mass is 320 g/mol. The Hall–Kier alpha value is -1.48. The minimum atomic E-state index is -4.61. The Kier molecular flexibility index (Phi) is 5.11. The Morgan fingerprint density at radius 2 is 1.81 bits per heavy atom. The number of rotatable bonds is 4. The van der Waals surface area contributed by atoms with Crippen LogP contribution >= 0.6 is 0 Å². The van der Waals surface area contributed by atoms with Gasteiger partial charge in [0.2, 0.25) is 11.8 Å². The standard InChI is InChI=1S/C11H14F6N2O2/c1-2-18(5-10(12,13)14)9(21)7-3-8(20)19(4-7)6-11(15,16)17/h7H,2-6H2,1H3/t7-/m0/s1. The average molecular weight is 320 g/mol. The zero-order chi connectivity index (χ0) is 16.4. The van der Waals surface area contributed by atoms with Crippen molar-refractivity contribution in [2.24, 2.45) is 5.92 Å². The van der Waals surface area contributed by atoms with Crippen molar-refractivity contribution in [3.63, 3.8) is 0 Å². The molecule has 1 aliphatic rings. The van der Waals surface area contributed by atoms with Gasteiger partial charge in [-0.05, 0) is 6.92 Å². The minimum Gasteiger partial charge on any atom is -0.334 e. The van der Waals surface area contributed by atoms with Crippen LogP contribution in [0.1, 0.15) is 13.3 Å². The van der Waals surface area contributed by atoms with Crippen LogP contribution in [0.5, 0.6) is 0 Å². The second kappa shape index (κ2) is 6.10. The van der Waals surface area contributed by atoms with Gasteiger partial charge in [-0.25, -0.2) is 0 Å². The molecule has 122 valence electrons. The molecule has 1 fully saturated rings. The van der Waals surface area contributed by atoms with Crippen molar-refractivity contribution in [2.75, 3.05) is 26.2 Å². The van der Waals surface area contributed by atoms with Crippen molar-refractivity contribution in [3.05, 3.63) is 0 Å². The summed E-state index contributed by atoms with van der Waals surface area (Å²) < 4.78 is 73.5. The highest BCUT2D eigenvalue weighted by molar-refractivity contribution is 5.89. The van der Waals surface area contributed by atoms with Crippen LogP contribution in [0, 0.1) is 5.92 Å². The van der Waals surface area contributed by atoms with E-state index in [1.807, 2.05) is 0 Å². The number of halogens is 6. The molecule has 10 heteroatoms. The maximum atomic E-state index is 12.3. The molecule has 1 aliphatic heterocycles. The van der Waals surface area contributed by atoms with E-state index in [4.69, 9.17) is 0 Å². The van der Waals surface area contributed by atoms with Crippen molar-refractivity contribution in [1.82, 2.24) is 9.80 Å². The first-order valence-electron chi connectivity index (χ1n) is 6.13. The van der Waals surface area contributed by atoms with Gasteiger partial charge in [0.15, 0.2) is 0 Å². The Balaban J connectivity index is 2.69. The Labute approximate surface area is 116 Å². The van der Waals surface area contributed by atoms with Gasteiger partial charge in [-0.15, -0.1) is 0 Å². The molecule has 1 heterocycles. The third-order valence-corrected chi connectivity index (χ3v) is 3.00. The Morgan fingerprint density at radius 3 is 2.24 bits per heavy atom. The molecule has 1 atom stereocenters. The summed E-state index contributed by atoms with van der Waals surface area (Å²) >= 11 is 0. The van der Waals surface area contributed by atoms with Gasteiger partial charge in [-0.3, -0.25) is 9.59 Å². The molecular weight excluding hydrogens is 306 g/mol. The number of likely N-dealkylation sites (tertiary alicyclic amines) is 1.